The van der Waals surface area contributed by atoms with E-state index in [9.17, 15) is 0 Å². The SMILES string of the molecule is CCC[C@@H](C)c1ccc(I)cc1. The van der Waals surface area contributed by atoms with Gasteiger partial charge in [0.2, 0.25) is 0 Å². The molecule has 0 unspecified atom stereocenters. The van der Waals surface area contributed by atoms with Gasteiger partial charge >= 0.3 is 0 Å². The lowest BCUT2D eigenvalue weighted by Gasteiger charge is -2.09. The monoisotopic (exact) mass is 274 g/mol. The Morgan fingerprint density at radius 1 is 1.25 bits per heavy atom. The minimum Gasteiger partial charge on any atom is -0.0654 e. The first-order valence-corrected chi connectivity index (χ1v) is 5.57. The second-order valence-electron chi connectivity index (χ2n) is 3.24. The van der Waals surface area contributed by atoms with Gasteiger partial charge in [-0.05, 0) is 52.6 Å². The van der Waals surface area contributed by atoms with Crippen molar-refractivity contribution in [3.63, 3.8) is 0 Å². The van der Waals surface area contributed by atoms with Crippen molar-refractivity contribution in [3.8, 4) is 0 Å². The first-order valence-electron chi connectivity index (χ1n) is 4.49. The topological polar surface area (TPSA) is 0 Å². The van der Waals surface area contributed by atoms with Crippen molar-refractivity contribution in [2.75, 3.05) is 0 Å². The van der Waals surface area contributed by atoms with Crippen molar-refractivity contribution in [3.05, 3.63) is 33.4 Å². The molecule has 1 rings (SSSR count). The summed E-state index contributed by atoms with van der Waals surface area (Å²) in [6, 6.07) is 8.84. The van der Waals surface area contributed by atoms with Crippen molar-refractivity contribution >= 4 is 22.6 Å². The molecule has 1 aromatic carbocycles. The van der Waals surface area contributed by atoms with E-state index in [1.165, 1.54) is 22.0 Å². The largest absolute Gasteiger partial charge is 0.0654 e. The molecule has 1 heteroatoms. The third-order valence-electron chi connectivity index (χ3n) is 2.16. The van der Waals surface area contributed by atoms with Gasteiger partial charge in [0.25, 0.3) is 0 Å². The molecular weight excluding hydrogens is 259 g/mol. The molecule has 0 saturated carbocycles. The fourth-order valence-corrected chi connectivity index (χ4v) is 1.75. The van der Waals surface area contributed by atoms with E-state index in [0.29, 0.717) is 5.92 Å². The highest BCUT2D eigenvalue weighted by Gasteiger charge is 2.02. The Kier molecular flexibility index (Phi) is 4.06. The zero-order valence-corrected chi connectivity index (χ0v) is 9.84. The normalized spacial score (nSPS) is 12.9. The van der Waals surface area contributed by atoms with E-state index < -0.39 is 0 Å². The van der Waals surface area contributed by atoms with Crippen LogP contribution in [0.3, 0.4) is 0 Å². The van der Waals surface area contributed by atoms with Gasteiger partial charge in [-0.25, -0.2) is 0 Å². The number of hydrogen-bond acceptors (Lipinski definition) is 0. The number of hydrogen-bond donors (Lipinski definition) is 0. The van der Waals surface area contributed by atoms with Crippen LogP contribution in [-0.4, -0.2) is 0 Å². The van der Waals surface area contributed by atoms with E-state index in [4.69, 9.17) is 0 Å². The van der Waals surface area contributed by atoms with Crippen molar-refractivity contribution in [1.82, 2.24) is 0 Å². The quantitative estimate of drug-likeness (QED) is 0.725. The lowest BCUT2D eigenvalue weighted by Crippen LogP contribution is -1.91. The predicted octanol–water partition coefficient (Wildman–Crippen LogP) is 4.19. The summed E-state index contributed by atoms with van der Waals surface area (Å²) >= 11 is 2.34. The molecule has 0 saturated heterocycles. The van der Waals surface area contributed by atoms with Gasteiger partial charge in [-0.3, -0.25) is 0 Å². The minimum atomic E-state index is 0.715. The number of halogens is 1. The van der Waals surface area contributed by atoms with Crippen LogP contribution in [0.2, 0.25) is 0 Å². The highest BCUT2D eigenvalue weighted by atomic mass is 127. The van der Waals surface area contributed by atoms with E-state index in [1.54, 1.807) is 0 Å². The standard InChI is InChI=1S/C11H15I/c1-3-4-9(2)10-5-7-11(12)8-6-10/h5-9H,3-4H2,1-2H3/t9-/m1/s1. The molecule has 0 spiro atoms. The first kappa shape index (κ1) is 10.0. The van der Waals surface area contributed by atoms with Gasteiger partial charge in [0, 0.05) is 3.57 Å². The Bertz CT molecular complexity index is 225. The Balaban J connectivity index is 2.68. The van der Waals surface area contributed by atoms with Crippen LogP contribution in [0.25, 0.3) is 0 Å². The van der Waals surface area contributed by atoms with Crippen LogP contribution in [0.15, 0.2) is 24.3 Å². The number of rotatable bonds is 3. The molecular formula is C11H15I. The van der Waals surface area contributed by atoms with Crippen molar-refractivity contribution < 1.29 is 0 Å². The molecule has 0 amide bonds. The summed E-state index contributed by atoms with van der Waals surface area (Å²) in [5, 5.41) is 0. The molecule has 0 aliphatic heterocycles. The highest BCUT2D eigenvalue weighted by molar-refractivity contribution is 14.1. The summed E-state index contributed by atoms with van der Waals surface area (Å²) in [7, 11) is 0. The smallest absolute Gasteiger partial charge is 0.0130 e. The van der Waals surface area contributed by atoms with Crippen molar-refractivity contribution in [2.45, 2.75) is 32.6 Å². The fraction of sp³-hybridized carbons (Fsp3) is 0.455. The van der Waals surface area contributed by atoms with Crippen LogP contribution < -0.4 is 0 Å². The molecule has 0 radical (unpaired) electrons. The molecule has 0 aliphatic carbocycles. The maximum absolute atomic E-state index is 2.34. The van der Waals surface area contributed by atoms with Gasteiger partial charge in [-0.15, -0.1) is 0 Å². The molecule has 0 N–H and O–H groups in total. The van der Waals surface area contributed by atoms with E-state index in [0.717, 1.165) is 0 Å². The molecule has 0 heterocycles. The third-order valence-corrected chi connectivity index (χ3v) is 2.88. The van der Waals surface area contributed by atoms with E-state index in [2.05, 4.69) is 60.7 Å². The molecule has 66 valence electrons. The van der Waals surface area contributed by atoms with Crippen LogP contribution in [0.4, 0.5) is 0 Å². The summed E-state index contributed by atoms with van der Waals surface area (Å²) in [5.41, 5.74) is 1.47. The fourth-order valence-electron chi connectivity index (χ4n) is 1.39. The van der Waals surface area contributed by atoms with E-state index in [1.807, 2.05) is 0 Å². The first-order chi connectivity index (χ1) is 5.74. The van der Waals surface area contributed by atoms with Crippen LogP contribution in [0.5, 0.6) is 0 Å². The van der Waals surface area contributed by atoms with Crippen LogP contribution in [0, 0.1) is 3.57 Å². The average molecular weight is 274 g/mol. The molecule has 0 aliphatic rings. The van der Waals surface area contributed by atoms with Gasteiger partial charge in [0.15, 0.2) is 0 Å². The highest BCUT2D eigenvalue weighted by Crippen LogP contribution is 2.20. The summed E-state index contributed by atoms with van der Waals surface area (Å²) < 4.78 is 1.32. The Labute approximate surface area is 88.5 Å². The zero-order valence-electron chi connectivity index (χ0n) is 7.68. The molecule has 0 fully saturated rings. The Morgan fingerprint density at radius 3 is 2.33 bits per heavy atom. The van der Waals surface area contributed by atoms with Crippen molar-refractivity contribution in [1.29, 1.82) is 0 Å². The second kappa shape index (κ2) is 4.85. The number of benzene rings is 1. The molecule has 12 heavy (non-hydrogen) atoms. The lowest BCUT2D eigenvalue weighted by atomic mass is 9.97. The van der Waals surface area contributed by atoms with E-state index >= 15 is 0 Å². The maximum atomic E-state index is 2.34. The molecule has 1 atom stereocenters. The average Bonchev–Trinajstić information content (AvgIpc) is 2.06. The van der Waals surface area contributed by atoms with Crippen LogP contribution in [-0.2, 0) is 0 Å². The van der Waals surface area contributed by atoms with Gasteiger partial charge in [-0.2, -0.15) is 0 Å². The maximum Gasteiger partial charge on any atom is 0.0130 e. The van der Waals surface area contributed by atoms with E-state index in [-0.39, 0.29) is 0 Å². The van der Waals surface area contributed by atoms with Gasteiger partial charge in [-0.1, -0.05) is 32.4 Å². The third kappa shape index (κ3) is 2.77. The van der Waals surface area contributed by atoms with Crippen LogP contribution in [0.1, 0.15) is 38.2 Å². The second-order valence-corrected chi connectivity index (χ2v) is 4.49. The Hall–Kier alpha value is -0.0500. The summed E-state index contributed by atoms with van der Waals surface area (Å²) in [5.74, 6) is 0.715. The molecule has 0 aromatic heterocycles. The summed E-state index contributed by atoms with van der Waals surface area (Å²) in [6.45, 7) is 4.54. The van der Waals surface area contributed by atoms with Crippen molar-refractivity contribution in [2.24, 2.45) is 0 Å². The molecule has 0 nitrogen and oxygen atoms in total. The summed E-state index contributed by atoms with van der Waals surface area (Å²) in [6.07, 6.45) is 2.56. The predicted molar refractivity (Wildman–Crippen MR) is 62.5 cm³/mol. The molecule has 0 bridgehead atoms. The Morgan fingerprint density at radius 2 is 1.83 bits per heavy atom. The minimum absolute atomic E-state index is 0.715. The molecule has 1 aromatic rings. The lowest BCUT2D eigenvalue weighted by molar-refractivity contribution is 0.665. The summed E-state index contributed by atoms with van der Waals surface area (Å²) in [4.78, 5) is 0. The van der Waals surface area contributed by atoms with Crippen LogP contribution >= 0.6 is 22.6 Å². The van der Waals surface area contributed by atoms with Gasteiger partial charge < -0.3 is 0 Å². The zero-order chi connectivity index (χ0) is 8.97. The van der Waals surface area contributed by atoms with Gasteiger partial charge in [0.05, 0.1) is 0 Å². The van der Waals surface area contributed by atoms with Gasteiger partial charge in [0.1, 0.15) is 0 Å².